The average molecular weight is 318 g/mol. The van der Waals surface area contributed by atoms with Crippen LogP contribution in [0.1, 0.15) is 25.0 Å². The Labute approximate surface area is 128 Å². The van der Waals surface area contributed by atoms with E-state index in [2.05, 4.69) is 10.6 Å². The van der Waals surface area contributed by atoms with Gasteiger partial charge in [-0.2, -0.15) is 13.2 Å². The normalized spacial score (nSPS) is 22.5. The van der Waals surface area contributed by atoms with Crippen LogP contribution in [0.15, 0.2) is 24.3 Å². The van der Waals surface area contributed by atoms with Gasteiger partial charge in [-0.3, -0.25) is 0 Å². The zero-order valence-electron chi connectivity index (χ0n) is 12.5. The van der Waals surface area contributed by atoms with Gasteiger partial charge in [-0.25, -0.2) is 0 Å². The van der Waals surface area contributed by atoms with Crippen LogP contribution < -0.4 is 10.6 Å². The molecule has 0 amide bonds. The fraction of sp³-hybridized carbons (Fsp3) is 0.600. The molecule has 0 spiro atoms. The summed E-state index contributed by atoms with van der Waals surface area (Å²) < 4.78 is 46.6. The molecule has 0 radical (unpaired) electrons. The molecule has 7 heteroatoms. The van der Waals surface area contributed by atoms with E-state index in [0.717, 1.165) is 24.3 Å². The van der Waals surface area contributed by atoms with Crippen LogP contribution in [-0.2, 0) is 9.47 Å². The van der Waals surface area contributed by atoms with Crippen molar-refractivity contribution in [3.63, 3.8) is 0 Å². The molecule has 1 aliphatic rings. The molecule has 4 nitrogen and oxygen atoms in total. The van der Waals surface area contributed by atoms with Gasteiger partial charge in [0.25, 0.3) is 0 Å². The molecule has 124 valence electrons. The van der Waals surface area contributed by atoms with Crippen molar-refractivity contribution in [2.24, 2.45) is 0 Å². The highest BCUT2D eigenvalue weighted by molar-refractivity contribution is 5.44. The molecule has 0 unspecified atom stereocenters. The van der Waals surface area contributed by atoms with Gasteiger partial charge in [-0.05, 0) is 24.6 Å². The molecular weight excluding hydrogens is 297 g/mol. The first-order valence-electron chi connectivity index (χ1n) is 7.28. The van der Waals surface area contributed by atoms with Crippen LogP contribution in [0.5, 0.6) is 0 Å². The standard InChI is InChI=1S/C15H21F3N2O2/c1-11-8-19-9-14(22-11)12-2-4-13(5-3-12)20-10-21-7-6-15(16,17)18/h2-5,11,14,19-20H,6-10H2,1H3/t11-,14-/m1/s1. The lowest BCUT2D eigenvalue weighted by atomic mass is 10.1. The summed E-state index contributed by atoms with van der Waals surface area (Å²) in [5.41, 5.74) is 1.87. The highest BCUT2D eigenvalue weighted by Gasteiger charge is 2.26. The summed E-state index contributed by atoms with van der Waals surface area (Å²) in [4.78, 5) is 0. The number of hydrogen-bond acceptors (Lipinski definition) is 4. The van der Waals surface area contributed by atoms with Gasteiger partial charge in [0.15, 0.2) is 0 Å². The summed E-state index contributed by atoms with van der Waals surface area (Å²) in [7, 11) is 0. The Balaban J connectivity index is 1.72. The molecule has 2 N–H and O–H groups in total. The highest BCUT2D eigenvalue weighted by atomic mass is 19.4. The molecule has 0 aromatic heterocycles. The molecule has 22 heavy (non-hydrogen) atoms. The molecular formula is C15H21F3N2O2. The third-order valence-corrected chi connectivity index (χ3v) is 3.35. The second kappa shape index (κ2) is 7.80. The van der Waals surface area contributed by atoms with E-state index in [0.29, 0.717) is 0 Å². The van der Waals surface area contributed by atoms with E-state index < -0.39 is 12.6 Å². The summed E-state index contributed by atoms with van der Waals surface area (Å²) in [6, 6.07) is 7.63. The van der Waals surface area contributed by atoms with E-state index in [9.17, 15) is 13.2 Å². The van der Waals surface area contributed by atoms with E-state index in [4.69, 9.17) is 9.47 Å². The molecule has 0 bridgehead atoms. The first-order chi connectivity index (χ1) is 10.4. The predicted molar refractivity (Wildman–Crippen MR) is 77.7 cm³/mol. The Morgan fingerprint density at radius 2 is 2.00 bits per heavy atom. The molecule has 0 aliphatic carbocycles. The number of halogens is 3. The maximum Gasteiger partial charge on any atom is 0.391 e. The van der Waals surface area contributed by atoms with Crippen LogP contribution in [0.3, 0.4) is 0 Å². The SMILES string of the molecule is C[C@@H]1CNC[C@H](c2ccc(NCOCCC(F)(F)F)cc2)O1. The van der Waals surface area contributed by atoms with Gasteiger partial charge >= 0.3 is 6.18 Å². The molecule has 1 saturated heterocycles. The number of nitrogens with one attached hydrogen (secondary N) is 2. The van der Waals surface area contributed by atoms with Gasteiger partial charge < -0.3 is 20.1 Å². The Hall–Kier alpha value is -1.31. The van der Waals surface area contributed by atoms with Crippen molar-refractivity contribution >= 4 is 5.69 Å². The van der Waals surface area contributed by atoms with Crippen LogP contribution in [-0.4, -0.2) is 38.7 Å². The van der Waals surface area contributed by atoms with E-state index in [1.165, 1.54) is 0 Å². The number of rotatable bonds is 6. The van der Waals surface area contributed by atoms with E-state index in [-0.39, 0.29) is 25.5 Å². The fourth-order valence-corrected chi connectivity index (χ4v) is 2.20. The van der Waals surface area contributed by atoms with Crippen molar-refractivity contribution in [3.8, 4) is 0 Å². The smallest absolute Gasteiger partial charge is 0.368 e. The highest BCUT2D eigenvalue weighted by Crippen LogP contribution is 2.23. The van der Waals surface area contributed by atoms with Gasteiger partial charge in [-0.1, -0.05) is 12.1 Å². The van der Waals surface area contributed by atoms with Gasteiger partial charge in [0.05, 0.1) is 25.2 Å². The van der Waals surface area contributed by atoms with Gasteiger partial charge in [0.2, 0.25) is 0 Å². The molecule has 1 aromatic rings. The van der Waals surface area contributed by atoms with Crippen molar-refractivity contribution in [2.75, 3.05) is 31.7 Å². The van der Waals surface area contributed by atoms with Crippen molar-refractivity contribution in [1.82, 2.24) is 5.32 Å². The maximum absolute atomic E-state index is 11.9. The summed E-state index contributed by atoms with van der Waals surface area (Å²) >= 11 is 0. The third kappa shape index (κ3) is 5.82. The number of benzene rings is 1. The van der Waals surface area contributed by atoms with Gasteiger partial charge in [0, 0.05) is 18.8 Å². The van der Waals surface area contributed by atoms with Crippen molar-refractivity contribution in [1.29, 1.82) is 0 Å². The molecule has 1 aromatic carbocycles. The second-order valence-electron chi connectivity index (χ2n) is 5.31. The van der Waals surface area contributed by atoms with Gasteiger partial charge in [-0.15, -0.1) is 0 Å². The number of alkyl halides is 3. The third-order valence-electron chi connectivity index (χ3n) is 3.35. The minimum Gasteiger partial charge on any atom is -0.368 e. The molecule has 0 saturated carbocycles. The average Bonchev–Trinajstić information content (AvgIpc) is 2.46. The second-order valence-corrected chi connectivity index (χ2v) is 5.31. The number of hydrogen-bond donors (Lipinski definition) is 2. The Bertz CT molecular complexity index is 451. The number of morpholine rings is 1. The van der Waals surface area contributed by atoms with Crippen molar-refractivity contribution < 1.29 is 22.6 Å². The maximum atomic E-state index is 11.9. The lowest BCUT2D eigenvalue weighted by Crippen LogP contribution is -2.38. The Kier molecular flexibility index (Phi) is 6.05. The minimum absolute atomic E-state index is 0.0286. The Morgan fingerprint density at radius 3 is 2.64 bits per heavy atom. The molecule has 1 fully saturated rings. The van der Waals surface area contributed by atoms with Crippen LogP contribution >= 0.6 is 0 Å². The number of ether oxygens (including phenoxy) is 2. The van der Waals surface area contributed by atoms with E-state index >= 15 is 0 Å². The Morgan fingerprint density at radius 1 is 1.27 bits per heavy atom. The number of anilines is 1. The largest absolute Gasteiger partial charge is 0.391 e. The van der Waals surface area contributed by atoms with Crippen molar-refractivity contribution in [2.45, 2.75) is 31.7 Å². The summed E-state index contributed by atoms with van der Waals surface area (Å²) in [5.74, 6) is 0. The fourth-order valence-electron chi connectivity index (χ4n) is 2.20. The molecule has 1 aliphatic heterocycles. The van der Waals surface area contributed by atoms with Gasteiger partial charge in [0.1, 0.15) is 6.73 Å². The zero-order chi connectivity index (χ0) is 16.0. The monoisotopic (exact) mass is 318 g/mol. The molecule has 1 heterocycles. The zero-order valence-corrected chi connectivity index (χ0v) is 12.5. The topological polar surface area (TPSA) is 42.5 Å². The van der Waals surface area contributed by atoms with E-state index in [1.54, 1.807) is 0 Å². The molecule has 2 atom stereocenters. The van der Waals surface area contributed by atoms with Crippen LogP contribution in [0.25, 0.3) is 0 Å². The minimum atomic E-state index is -4.17. The molecule has 2 rings (SSSR count). The van der Waals surface area contributed by atoms with Crippen LogP contribution in [0, 0.1) is 0 Å². The summed E-state index contributed by atoms with van der Waals surface area (Å²) in [5, 5.41) is 6.23. The van der Waals surface area contributed by atoms with Crippen molar-refractivity contribution in [3.05, 3.63) is 29.8 Å². The summed E-state index contributed by atoms with van der Waals surface area (Å²) in [6.07, 6.45) is -4.90. The van der Waals surface area contributed by atoms with Crippen LogP contribution in [0.2, 0.25) is 0 Å². The summed E-state index contributed by atoms with van der Waals surface area (Å²) in [6.45, 7) is 3.36. The lowest BCUT2D eigenvalue weighted by molar-refractivity contribution is -0.144. The first kappa shape index (κ1) is 17.1. The lowest BCUT2D eigenvalue weighted by Gasteiger charge is -2.29. The quantitative estimate of drug-likeness (QED) is 0.625. The predicted octanol–water partition coefficient (Wildman–Crippen LogP) is 3.07. The van der Waals surface area contributed by atoms with E-state index in [1.807, 2.05) is 31.2 Å². The van der Waals surface area contributed by atoms with Crippen LogP contribution in [0.4, 0.5) is 18.9 Å². The first-order valence-corrected chi connectivity index (χ1v) is 7.28.